The average Bonchev–Trinajstić information content (AvgIpc) is 3.00. The molecule has 1 atom stereocenters. The van der Waals surface area contributed by atoms with E-state index < -0.39 is 5.60 Å². The third-order valence-corrected chi connectivity index (χ3v) is 4.05. The maximum absolute atomic E-state index is 12.4. The number of halogens is 1. The van der Waals surface area contributed by atoms with Crippen molar-refractivity contribution in [1.29, 1.82) is 0 Å². The maximum atomic E-state index is 12.4. The summed E-state index contributed by atoms with van der Waals surface area (Å²) in [6.07, 6.45) is 3.31. The number of carbonyl (C=O) groups excluding carboxylic acids is 2. The van der Waals surface area contributed by atoms with Gasteiger partial charge in [0.15, 0.2) is 0 Å². The number of esters is 1. The lowest BCUT2D eigenvalue weighted by Crippen LogP contribution is -2.37. The highest BCUT2D eigenvalue weighted by Gasteiger charge is 2.25. The van der Waals surface area contributed by atoms with Gasteiger partial charge in [0.25, 0.3) is 0 Å². The van der Waals surface area contributed by atoms with Crippen LogP contribution in [0.3, 0.4) is 0 Å². The highest BCUT2D eigenvalue weighted by molar-refractivity contribution is 6.30. The minimum absolute atomic E-state index is 0.0241. The Morgan fingerprint density at radius 1 is 1.21 bits per heavy atom. The minimum atomic E-state index is -0.563. The molecule has 0 bridgehead atoms. The first-order chi connectivity index (χ1) is 13.0. The summed E-state index contributed by atoms with van der Waals surface area (Å²) in [5.41, 5.74) is 0.0629. The molecular formula is C20H27ClN4O3. The van der Waals surface area contributed by atoms with Gasteiger partial charge in [-0.3, -0.25) is 4.79 Å². The summed E-state index contributed by atoms with van der Waals surface area (Å²) in [6, 6.07) is 6.08. The van der Waals surface area contributed by atoms with Crippen LogP contribution in [0.1, 0.15) is 46.5 Å². The van der Waals surface area contributed by atoms with E-state index >= 15 is 0 Å². The lowest BCUT2D eigenvalue weighted by molar-refractivity contribution is -0.155. The van der Waals surface area contributed by atoms with E-state index in [1.807, 2.05) is 34.6 Å². The molecule has 8 heteroatoms. The molecule has 2 amide bonds. The van der Waals surface area contributed by atoms with Crippen molar-refractivity contribution in [3.63, 3.8) is 0 Å². The SMILES string of the molecule is CC(C)C(NC(=O)Nc1ccc(Cl)cc1)c1nccn1CC(=O)OC(C)(C)C. The Balaban J connectivity index is 2.09. The van der Waals surface area contributed by atoms with Crippen LogP contribution in [0.4, 0.5) is 10.5 Å². The van der Waals surface area contributed by atoms with Gasteiger partial charge in [-0.2, -0.15) is 0 Å². The van der Waals surface area contributed by atoms with E-state index in [0.29, 0.717) is 16.5 Å². The van der Waals surface area contributed by atoms with E-state index in [1.165, 1.54) is 0 Å². The molecule has 1 aromatic heterocycles. The molecular weight excluding hydrogens is 380 g/mol. The third-order valence-electron chi connectivity index (χ3n) is 3.80. The number of hydrogen-bond donors (Lipinski definition) is 2. The molecule has 0 saturated carbocycles. The van der Waals surface area contributed by atoms with Gasteiger partial charge in [0.05, 0.1) is 6.04 Å². The number of carbonyl (C=O) groups is 2. The highest BCUT2D eigenvalue weighted by atomic mass is 35.5. The van der Waals surface area contributed by atoms with Crippen LogP contribution < -0.4 is 10.6 Å². The lowest BCUT2D eigenvalue weighted by atomic mass is 10.0. The summed E-state index contributed by atoms with van der Waals surface area (Å²) in [4.78, 5) is 29.0. The molecule has 0 aliphatic rings. The van der Waals surface area contributed by atoms with Crippen LogP contribution in [0.2, 0.25) is 5.02 Å². The Morgan fingerprint density at radius 2 is 1.86 bits per heavy atom. The molecule has 1 heterocycles. The first-order valence-corrected chi connectivity index (χ1v) is 9.49. The van der Waals surface area contributed by atoms with Gasteiger partial charge in [0, 0.05) is 23.1 Å². The van der Waals surface area contributed by atoms with Gasteiger partial charge in [0.1, 0.15) is 18.0 Å². The van der Waals surface area contributed by atoms with Crippen LogP contribution in [0.15, 0.2) is 36.7 Å². The number of amides is 2. The molecule has 2 N–H and O–H groups in total. The van der Waals surface area contributed by atoms with Gasteiger partial charge >= 0.3 is 12.0 Å². The van der Waals surface area contributed by atoms with Crippen LogP contribution >= 0.6 is 11.6 Å². The predicted molar refractivity (Wildman–Crippen MR) is 109 cm³/mol. The number of hydrogen-bond acceptors (Lipinski definition) is 4. The Hall–Kier alpha value is -2.54. The number of anilines is 1. The normalized spacial score (nSPS) is 12.5. The van der Waals surface area contributed by atoms with E-state index in [2.05, 4.69) is 15.6 Å². The quantitative estimate of drug-likeness (QED) is 0.696. The molecule has 0 aliphatic heterocycles. The summed E-state index contributed by atoms with van der Waals surface area (Å²) in [5.74, 6) is 0.280. The zero-order valence-electron chi connectivity index (χ0n) is 16.8. The van der Waals surface area contributed by atoms with E-state index in [1.54, 1.807) is 41.2 Å². The summed E-state index contributed by atoms with van der Waals surface area (Å²) in [7, 11) is 0. The highest BCUT2D eigenvalue weighted by Crippen LogP contribution is 2.21. The lowest BCUT2D eigenvalue weighted by Gasteiger charge is -2.24. The maximum Gasteiger partial charge on any atom is 0.326 e. The summed E-state index contributed by atoms with van der Waals surface area (Å²) >= 11 is 5.86. The standard InChI is InChI=1S/C20H27ClN4O3/c1-13(2)17(24-19(27)23-15-8-6-14(21)7-9-15)18-22-10-11-25(18)12-16(26)28-20(3,4)5/h6-11,13,17H,12H2,1-5H3,(H2,23,24,27). The van der Waals surface area contributed by atoms with Crippen molar-refractivity contribution in [1.82, 2.24) is 14.9 Å². The second-order valence-electron chi connectivity index (χ2n) is 7.83. The molecule has 28 heavy (non-hydrogen) atoms. The zero-order valence-corrected chi connectivity index (χ0v) is 17.6. The van der Waals surface area contributed by atoms with Crippen molar-refractivity contribution in [2.45, 2.75) is 52.8 Å². The van der Waals surface area contributed by atoms with Crippen LogP contribution in [0.25, 0.3) is 0 Å². The van der Waals surface area contributed by atoms with E-state index in [-0.39, 0.29) is 30.5 Å². The number of imidazole rings is 1. The number of urea groups is 1. The first kappa shape index (κ1) is 21.8. The van der Waals surface area contributed by atoms with Gasteiger partial charge in [-0.1, -0.05) is 25.4 Å². The molecule has 7 nitrogen and oxygen atoms in total. The molecule has 2 rings (SSSR count). The fraction of sp³-hybridized carbons (Fsp3) is 0.450. The number of nitrogens with one attached hydrogen (secondary N) is 2. The van der Waals surface area contributed by atoms with E-state index in [4.69, 9.17) is 16.3 Å². The fourth-order valence-corrected chi connectivity index (χ4v) is 2.74. The largest absolute Gasteiger partial charge is 0.459 e. The minimum Gasteiger partial charge on any atom is -0.459 e. The molecule has 1 unspecified atom stereocenters. The Bertz CT molecular complexity index is 810. The smallest absolute Gasteiger partial charge is 0.326 e. The Labute approximate surface area is 170 Å². The van der Waals surface area contributed by atoms with Gasteiger partial charge < -0.3 is 19.9 Å². The number of ether oxygens (including phenoxy) is 1. The summed E-state index contributed by atoms with van der Waals surface area (Å²) in [6.45, 7) is 9.42. The Kier molecular flexibility index (Phi) is 7.07. The van der Waals surface area contributed by atoms with Gasteiger partial charge in [-0.05, 0) is 51.0 Å². The predicted octanol–water partition coefficient (Wildman–Crippen LogP) is 4.40. The van der Waals surface area contributed by atoms with Gasteiger partial charge in [-0.25, -0.2) is 9.78 Å². The second-order valence-corrected chi connectivity index (χ2v) is 8.26. The van der Waals surface area contributed by atoms with Crippen molar-refractivity contribution in [3.05, 3.63) is 47.5 Å². The van der Waals surface area contributed by atoms with Gasteiger partial charge in [0.2, 0.25) is 0 Å². The molecule has 152 valence electrons. The van der Waals surface area contributed by atoms with E-state index in [9.17, 15) is 9.59 Å². The van der Waals surface area contributed by atoms with E-state index in [0.717, 1.165) is 0 Å². The van der Waals surface area contributed by atoms with Crippen molar-refractivity contribution in [3.8, 4) is 0 Å². The summed E-state index contributed by atoms with van der Waals surface area (Å²) < 4.78 is 7.07. The number of nitrogens with zero attached hydrogens (tertiary/aromatic N) is 2. The van der Waals surface area contributed by atoms with Gasteiger partial charge in [-0.15, -0.1) is 0 Å². The summed E-state index contributed by atoms with van der Waals surface area (Å²) in [5, 5.41) is 6.29. The number of aromatic nitrogens is 2. The monoisotopic (exact) mass is 406 g/mol. The van der Waals surface area contributed by atoms with Crippen molar-refractivity contribution >= 4 is 29.3 Å². The molecule has 2 aromatic rings. The fourth-order valence-electron chi connectivity index (χ4n) is 2.62. The first-order valence-electron chi connectivity index (χ1n) is 9.11. The van der Waals surface area contributed by atoms with Crippen molar-refractivity contribution in [2.75, 3.05) is 5.32 Å². The topological polar surface area (TPSA) is 85.3 Å². The van der Waals surface area contributed by atoms with Crippen molar-refractivity contribution in [2.24, 2.45) is 5.92 Å². The average molecular weight is 407 g/mol. The molecule has 0 spiro atoms. The molecule has 0 saturated heterocycles. The number of benzene rings is 1. The Morgan fingerprint density at radius 3 is 2.43 bits per heavy atom. The second kappa shape index (κ2) is 9.10. The van der Waals surface area contributed by atoms with Crippen LogP contribution in [0, 0.1) is 5.92 Å². The third kappa shape index (κ3) is 6.56. The molecule has 1 aromatic carbocycles. The van der Waals surface area contributed by atoms with Crippen LogP contribution in [0.5, 0.6) is 0 Å². The van der Waals surface area contributed by atoms with Crippen molar-refractivity contribution < 1.29 is 14.3 Å². The molecule has 0 fully saturated rings. The molecule has 0 radical (unpaired) electrons. The molecule has 0 aliphatic carbocycles. The van der Waals surface area contributed by atoms with Crippen LogP contribution in [-0.4, -0.2) is 27.2 Å². The number of rotatable bonds is 6. The zero-order chi connectivity index (χ0) is 20.9. The van der Waals surface area contributed by atoms with Crippen LogP contribution in [-0.2, 0) is 16.1 Å².